The minimum absolute atomic E-state index is 0.158. The summed E-state index contributed by atoms with van der Waals surface area (Å²) in [4.78, 5) is 12.8. The molecule has 0 spiro atoms. The molecule has 2 aromatic rings. The van der Waals surface area contributed by atoms with Gasteiger partial charge in [-0.25, -0.2) is 0 Å². The Morgan fingerprint density at radius 1 is 1.25 bits per heavy atom. The number of rotatable bonds is 5. The molecule has 0 radical (unpaired) electrons. The Kier molecular flexibility index (Phi) is 5.41. The molecule has 1 aliphatic carbocycles. The summed E-state index contributed by atoms with van der Waals surface area (Å²) in [6, 6.07) is 7.06. The van der Waals surface area contributed by atoms with Crippen LogP contribution in [-0.4, -0.2) is 18.1 Å². The quantitative estimate of drug-likeness (QED) is 0.838. The minimum Gasteiger partial charge on any atom is -0.507 e. The van der Waals surface area contributed by atoms with Crippen molar-refractivity contribution in [1.29, 1.82) is 0 Å². The standard InChI is InChI=1S/C19H23NO3S/c1-23-17-10-6-5-9-14(17)19(22)20-18(13-7-3-2-4-8-13)15-11-24-12-16(15)21/h5-6,9-13,18,21H,2-4,7-8H2,1H3,(H,20,22). The van der Waals surface area contributed by atoms with Crippen LogP contribution in [0.3, 0.4) is 0 Å². The van der Waals surface area contributed by atoms with Gasteiger partial charge in [-0.15, -0.1) is 11.3 Å². The van der Waals surface area contributed by atoms with E-state index in [4.69, 9.17) is 4.74 Å². The zero-order valence-corrected chi connectivity index (χ0v) is 14.6. The number of thiophene rings is 1. The van der Waals surface area contributed by atoms with Crippen LogP contribution in [0.25, 0.3) is 0 Å². The second kappa shape index (κ2) is 7.71. The summed E-state index contributed by atoms with van der Waals surface area (Å²) in [5.41, 5.74) is 1.35. The summed E-state index contributed by atoms with van der Waals surface area (Å²) in [7, 11) is 1.56. The SMILES string of the molecule is COc1ccccc1C(=O)NC(c1cscc1O)C1CCCCC1. The summed E-state index contributed by atoms with van der Waals surface area (Å²) in [5.74, 6) is 1.04. The minimum atomic E-state index is -0.159. The lowest BCUT2D eigenvalue weighted by atomic mass is 9.81. The van der Waals surface area contributed by atoms with Gasteiger partial charge < -0.3 is 15.2 Å². The fourth-order valence-electron chi connectivity index (χ4n) is 3.50. The van der Waals surface area contributed by atoms with E-state index in [1.165, 1.54) is 30.6 Å². The zero-order valence-electron chi connectivity index (χ0n) is 13.8. The van der Waals surface area contributed by atoms with Crippen molar-refractivity contribution in [3.8, 4) is 11.5 Å². The molecule has 1 amide bonds. The predicted octanol–water partition coefficient (Wildman–Crippen LogP) is 4.51. The monoisotopic (exact) mass is 345 g/mol. The molecule has 4 nitrogen and oxygen atoms in total. The maximum absolute atomic E-state index is 12.8. The first-order valence-electron chi connectivity index (χ1n) is 8.39. The van der Waals surface area contributed by atoms with E-state index in [0.29, 0.717) is 17.2 Å². The Morgan fingerprint density at radius 3 is 2.67 bits per heavy atom. The normalized spacial score (nSPS) is 16.5. The average Bonchev–Trinajstić information content (AvgIpc) is 3.06. The topological polar surface area (TPSA) is 58.6 Å². The number of carbonyl (C=O) groups excluding carboxylic acids is 1. The van der Waals surface area contributed by atoms with Crippen molar-refractivity contribution in [3.63, 3.8) is 0 Å². The van der Waals surface area contributed by atoms with Gasteiger partial charge in [0.1, 0.15) is 11.5 Å². The van der Waals surface area contributed by atoms with Gasteiger partial charge in [-0.2, -0.15) is 0 Å². The molecule has 2 N–H and O–H groups in total. The Bertz CT molecular complexity index is 691. The van der Waals surface area contributed by atoms with Gasteiger partial charge in [0.25, 0.3) is 5.91 Å². The largest absolute Gasteiger partial charge is 0.507 e. The Labute approximate surface area is 146 Å². The lowest BCUT2D eigenvalue weighted by molar-refractivity contribution is 0.0909. The number of hydrogen-bond acceptors (Lipinski definition) is 4. The lowest BCUT2D eigenvalue weighted by Gasteiger charge is -2.31. The fourth-order valence-corrected chi connectivity index (χ4v) is 4.25. The van der Waals surface area contributed by atoms with Crippen LogP contribution in [0, 0.1) is 5.92 Å². The molecule has 24 heavy (non-hydrogen) atoms. The first kappa shape index (κ1) is 16.8. The van der Waals surface area contributed by atoms with Gasteiger partial charge >= 0.3 is 0 Å². The van der Waals surface area contributed by atoms with E-state index >= 15 is 0 Å². The number of benzene rings is 1. The second-order valence-corrected chi connectivity index (χ2v) is 7.01. The average molecular weight is 345 g/mol. The molecule has 1 unspecified atom stereocenters. The molecule has 3 rings (SSSR count). The van der Waals surface area contributed by atoms with Crippen LogP contribution in [0.4, 0.5) is 0 Å². The number of aromatic hydroxyl groups is 1. The predicted molar refractivity (Wildman–Crippen MR) is 95.8 cm³/mol. The van der Waals surface area contributed by atoms with E-state index in [9.17, 15) is 9.90 Å². The van der Waals surface area contributed by atoms with Crippen molar-refractivity contribution in [2.75, 3.05) is 7.11 Å². The Balaban J connectivity index is 1.86. The molecule has 5 heteroatoms. The Hall–Kier alpha value is -2.01. The highest BCUT2D eigenvalue weighted by Gasteiger charge is 2.29. The number of nitrogens with one attached hydrogen (secondary N) is 1. The summed E-state index contributed by atoms with van der Waals surface area (Å²) in [5, 5.41) is 17.0. The Morgan fingerprint density at radius 2 is 2.00 bits per heavy atom. The molecule has 1 aromatic carbocycles. The number of amides is 1. The van der Waals surface area contributed by atoms with Gasteiger partial charge in [-0.3, -0.25) is 4.79 Å². The molecule has 1 heterocycles. The molecule has 1 saturated carbocycles. The van der Waals surface area contributed by atoms with Crippen molar-refractivity contribution in [2.45, 2.75) is 38.1 Å². The van der Waals surface area contributed by atoms with Crippen LogP contribution < -0.4 is 10.1 Å². The lowest BCUT2D eigenvalue weighted by Crippen LogP contribution is -2.34. The van der Waals surface area contributed by atoms with Gasteiger partial charge in [-0.1, -0.05) is 31.4 Å². The van der Waals surface area contributed by atoms with Crippen LogP contribution in [0.15, 0.2) is 35.0 Å². The van der Waals surface area contributed by atoms with Gasteiger partial charge in [0.2, 0.25) is 0 Å². The molecule has 1 fully saturated rings. The maximum Gasteiger partial charge on any atom is 0.255 e. The molecule has 128 valence electrons. The van der Waals surface area contributed by atoms with Crippen LogP contribution in [0.2, 0.25) is 0 Å². The third kappa shape index (κ3) is 3.56. The molecular weight excluding hydrogens is 322 g/mol. The van der Waals surface area contributed by atoms with E-state index in [1.54, 1.807) is 24.6 Å². The van der Waals surface area contributed by atoms with Gasteiger partial charge in [0, 0.05) is 10.9 Å². The number of carbonyl (C=O) groups is 1. The fraction of sp³-hybridized carbons (Fsp3) is 0.421. The van der Waals surface area contributed by atoms with Crippen molar-refractivity contribution in [2.24, 2.45) is 5.92 Å². The van der Waals surface area contributed by atoms with Crippen molar-refractivity contribution in [3.05, 3.63) is 46.2 Å². The smallest absolute Gasteiger partial charge is 0.255 e. The molecule has 1 atom stereocenters. The first-order valence-corrected chi connectivity index (χ1v) is 9.34. The molecule has 0 aliphatic heterocycles. The molecule has 0 bridgehead atoms. The third-order valence-electron chi connectivity index (χ3n) is 4.76. The van der Waals surface area contributed by atoms with E-state index in [2.05, 4.69) is 5.32 Å². The van der Waals surface area contributed by atoms with Gasteiger partial charge in [0.05, 0.1) is 18.7 Å². The van der Waals surface area contributed by atoms with Crippen LogP contribution in [-0.2, 0) is 0 Å². The summed E-state index contributed by atoms with van der Waals surface area (Å²) >= 11 is 1.46. The molecule has 0 saturated heterocycles. The van der Waals surface area contributed by atoms with Crippen LogP contribution >= 0.6 is 11.3 Å². The highest BCUT2D eigenvalue weighted by Crippen LogP contribution is 2.39. The first-order chi connectivity index (χ1) is 11.7. The van der Waals surface area contributed by atoms with E-state index in [-0.39, 0.29) is 17.7 Å². The maximum atomic E-state index is 12.8. The summed E-state index contributed by atoms with van der Waals surface area (Å²) < 4.78 is 5.30. The highest BCUT2D eigenvalue weighted by atomic mass is 32.1. The molecular formula is C19H23NO3S. The van der Waals surface area contributed by atoms with E-state index in [0.717, 1.165) is 18.4 Å². The second-order valence-electron chi connectivity index (χ2n) is 6.26. The number of ether oxygens (including phenoxy) is 1. The van der Waals surface area contributed by atoms with Crippen molar-refractivity contribution < 1.29 is 14.6 Å². The molecule has 1 aliphatic rings. The van der Waals surface area contributed by atoms with Gasteiger partial charge in [0.15, 0.2) is 0 Å². The number of methoxy groups -OCH3 is 1. The third-order valence-corrected chi connectivity index (χ3v) is 5.51. The van der Waals surface area contributed by atoms with E-state index < -0.39 is 0 Å². The van der Waals surface area contributed by atoms with Crippen molar-refractivity contribution in [1.82, 2.24) is 5.32 Å². The summed E-state index contributed by atoms with van der Waals surface area (Å²) in [6.07, 6.45) is 5.75. The number of hydrogen-bond donors (Lipinski definition) is 2. The highest BCUT2D eigenvalue weighted by molar-refractivity contribution is 7.08. The van der Waals surface area contributed by atoms with Gasteiger partial charge in [-0.05, 0) is 36.3 Å². The van der Waals surface area contributed by atoms with E-state index in [1.807, 2.05) is 17.5 Å². The molecule has 1 aromatic heterocycles. The van der Waals surface area contributed by atoms with Crippen LogP contribution in [0.1, 0.15) is 54.1 Å². The zero-order chi connectivity index (χ0) is 16.9. The van der Waals surface area contributed by atoms with Crippen LogP contribution in [0.5, 0.6) is 11.5 Å². The summed E-state index contributed by atoms with van der Waals surface area (Å²) in [6.45, 7) is 0. The number of para-hydroxylation sites is 1. The van der Waals surface area contributed by atoms with Crippen molar-refractivity contribution >= 4 is 17.2 Å².